The van der Waals surface area contributed by atoms with Gasteiger partial charge in [0.05, 0.1) is 11.4 Å². The summed E-state index contributed by atoms with van der Waals surface area (Å²) in [5.41, 5.74) is 2.03. The first-order valence-electron chi connectivity index (χ1n) is 7.43. The molecule has 0 fully saturated rings. The zero-order valence-corrected chi connectivity index (χ0v) is 14.1. The van der Waals surface area contributed by atoms with Crippen molar-refractivity contribution in [2.24, 2.45) is 0 Å². The monoisotopic (exact) mass is 340 g/mol. The smallest absolute Gasteiger partial charge is 0.267 e. The number of rotatable bonds is 4. The van der Waals surface area contributed by atoms with Crippen molar-refractivity contribution in [2.75, 3.05) is 5.32 Å². The molecule has 1 aromatic carbocycles. The molecule has 0 saturated carbocycles. The van der Waals surface area contributed by atoms with Crippen molar-refractivity contribution < 1.29 is 4.79 Å². The fourth-order valence-corrected chi connectivity index (χ4v) is 2.89. The number of amides is 1. The summed E-state index contributed by atoms with van der Waals surface area (Å²) < 4.78 is 1.19. The van der Waals surface area contributed by atoms with Gasteiger partial charge in [-0.2, -0.15) is 5.10 Å². The van der Waals surface area contributed by atoms with Crippen LogP contribution in [0.3, 0.4) is 0 Å². The molecular weight excluding hydrogens is 324 g/mol. The van der Waals surface area contributed by atoms with Gasteiger partial charge in [-0.3, -0.25) is 9.59 Å². The Hall–Kier alpha value is -2.80. The van der Waals surface area contributed by atoms with Crippen LogP contribution < -0.4 is 10.9 Å². The highest BCUT2D eigenvalue weighted by atomic mass is 32.1. The zero-order valence-electron chi connectivity index (χ0n) is 13.3. The molecule has 0 bridgehead atoms. The maximum absolute atomic E-state index is 12.4. The molecule has 0 saturated heterocycles. The second kappa shape index (κ2) is 6.76. The van der Waals surface area contributed by atoms with Crippen LogP contribution in [0.1, 0.15) is 18.7 Å². The second-order valence-corrected chi connectivity index (χ2v) is 6.18. The molecule has 0 aliphatic carbocycles. The largest absolute Gasteiger partial charge is 0.300 e. The molecule has 0 aliphatic rings. The first-order chi connectivity index (χ1) is 11.5. The molecule has 0 spiro atoms. The number of anilines is 1. The van der Waals surface area contributed by atoms with Crippen LogP contribution in [0.4, 0.5) is 5.13 Å². The van der Waals surface area contributed by atoms with Gasteiger partial charge in [-0.05, 0) is 19.9 Å². The van der Waals surface area contributed by atoms with Gasteiger partial charge in [0.25, 0.3) is 11.5 Å². The lowest BCUT2D eigenvalue weighted by Gasteiger charge is -2.14. The summed E-state index contributed by atoms with van der Waals surface area (Å²) in [5.74, 6) is -0.329. The van der Waals surface area contributed by atoms with Crippen LogP contribution in [0.15, 0.2) is 52.6 Å². The van der Waals surface area contributed by atoms with Crippen molar-refractivity contribution in [3.63, 3.8) is 0 Å². The molecule has 0 radical (unpaired) electrons. The Bertz CT molecular complexity index is 918. The van der Waals surface area contributed by atoms with E-state index in [2.05, 4.69) is 15.4 Å². The highest BCUT2D eigenvalue weighted by Crippen LogP contribution is 2.18. The van der Waals surface area contributed by atoms with E-state index in [-0.39, 0.29) is 11.5 Å². The van der Waals surface area contributed by atoms with Gasteiger partial charge in [0.1, 0.15) is 6.04 Å². The number of carbonyl (C=O) groups excluding carboxylic acids is 1. The van der Waals surface area contributed by atoms with E-state index in [1.165, 1.54) is 22.1 Å². The number of carbonyl (C=O) groups is 1. The molecule has 2 heterocycles. The molecule has 122 valence electrons. The third-order valence-corrected chi connectivity index (χ3v) is 4.37. The van der Waals surface area contributed by atoms with Gasteiger partial charge in [0.15, 0.2) is 5.13 Å². The Labute approximate surface area is 142 Å². The minimum Gasteiger partial charge on any atom is -0.300 e. The van der Waals surface area contributed by atoms with Crippen LogP contribution in [0.2, 0.25) is 0 Å². The first-order valence-corrected chi connectivity index (χ1v) is 8.31. The molecule has 7 heteroatoms. The number of hydrogen-bond acceptors (Lipinski definition) is 5. The Morgan fingerprint density at radius 2 is 1.96 bits per heavy atom. The molecular formula is C17H16N4O2S. The molecule has 24 heavy (non-hydrogen) atoms. The molecule has 0 aliphatic heterocycles. The number of nitrogens with one attached hydrogen (secondary N) is 1. The average molecular weight is 340 g/mol. The van der Waals surface area contributed by atoms with Gasteiger partial charge in [0, 0.05) is 17.0 Å². The van der Waals surface area contributed by atoms with Gasteiger partial charge in [-0.15, -0.1) is 11.3 Å². The molecule has 6 nitrogen and oxygen atoms in total. The van der Waals surface area contributed by atoms with Crippen LogP contribution in [0.5, 0.6) is 0 Å². The summed E-state index contributed by atoms with van der Waals surface area (Å²) in [4.78, 5) is 28.7. The van der Waals surface area contributed by atoms with Gasteiger partial charge >= 0.3 is 0 Å². The van der Waals surface area contributed by atoms with Crippen molar-refractivity contribution in [1.82, 2.24) is 14.8 Å². The van der Waals surface area contributed by atoms with Crippen LogP contribution >= 0.6 is 11.3 Å². The lowest BCUT2D eigenvalue weighted by molar-refractivity contribution is -0.119. The standard InChI is InChI=1S/C17H16N4O2S/c1-11-10-24-17(18-11)19-16(23)12(2)21-15(22)9-8-14(20-21)13-6-4-3-5-7-13/h3-10,12H,1-2H3,(H,18,19,23). The maximum atomic E-state index is 12.4. The topological polar surface area (TPSA) is 76.9 Å². The molecule has 2 aromatic heterocycles. The van der Waals surface area contributed by atoms with Gasteiger partial charge in [-0.1, -0.05) is 30.3 Å². The predicted octanol–water partition coefficient (Wildman–Crippen LogP) is 2.87. The van der Waals surface area contributed by atoms with Crippen molar-refractivity contribution in [2.45, 2.75) is 19.9 Å². The van der Waals surface area contributed by atoms with E-state index in [9.17, 15) is 9.59 Å². The average Bonchev–Trinajstić information content (AvgIpc) is 3.00. The number of aromatic nitrogens is 3. The third-order valence-electron chi connectivity index (χ3n) is 3.49. The van der Waals surface area contributed by atoms with Crippen molar-refractivity contribution in [3.8, 4) is 11.3 Å². The number of thiazole rings is 1. The Kier molecular flexibility index (Phi) is 4.52. The Balaban J connectivity index is 1.87. The first kappa shape index (κ1) is 16.1. The van der Waals surface area contributed by atoms with Crippen molar-refractivity contribution in [3.05, 3.63) is 63.9 Å². The van der Waals surface area contributed by atoms with Crippen LogP contribution in [0, 0.1) is 6.92 Å². The highest BCUT2D eigenvalue weighted by molar-refractivity contribution is 7.13. The number of hydrogen-bond donors (Lipinski definition) is 1. The summed E-state index contributed by atoms with van der Waals surface area (Å²) in [5, 5.41) is 9.41. The number of nitrogens with zero attached hydrogens (tertiary/aromatic N) is 3. The number of aryl methyl sites for hydroxylation is 1. The molecule has 3 rings (SSSR count). The van der Waals surface area contributed by atoms with Gasteiger partial charge in [0.2, 0.25) is 0 Å². The molecule has 3 aromatic rings. The lowest BCUT2D eigenvalue weighted by atomic mass is 10.1. The summed E-state index contributed by atoms with van der Waals surface area (Å²) in [6.07, 6.45) is 0. The summed E-state index contributed by atoms with van der Waals surface area (Å²) >= 11 is 1.34. The van der Waals surface area contributed by atoms with Crippen LogP contribution in [0.25, 0.3) is 11.3 Å². The fourth-order valence-electron chi connectivity index (χ4n) is 2.20. The van der Waals surface area contributed by atoms with E-state index in [4.69, 9.17) is 0 Å². The van der Waals surface area contributed by atoms with E-state index in [0.717, 1.165) is 11.3 Å². The zero-order chi connectivity index (χ0) is 17.1. The van der Waals surface area contributed by atoms with Gasteiger partial charge < -0.3 is 5.32 Å². The normalized spacial score (nSPS) is 11.9. The summed E-state index contributed by atoms with van der Waals surface area (Å²) in [6.45, 7) is 3.49. The van der Waals surface area contributed by atoms with E-state index < -0.39 is 6.04 Å². The minimum absolute atomic E-state index is 0.326. The van der Waals surface area contributed by atoms with Crippen LogP contribution in [-0.2, 0) is 4.79 Å². The van der Waals surface area contributed by atoms with E-state index in [1.807, 2.05) is 42.6 Å². The molecule has 1 amide bonds. The van der Waals surface area contributed by atoms with Gasteiger partial charge in [-0.25, -0.2) is 9.67 Å². The third kappa shape index (κ3) is 3.41. The fraction of sp³-hybridized carbons (Fsp3) is 0.176. The quantitative estimate of drug-likeness (QED) is 0.792. The molecule has 1 atom stereocenters. The van der Waals surface area contributed by atoms with E-state index in [1.54, 1.807) is 13.0 Å². The SMILES string of the molecule is Cc1csc(NC(=O)C(C)n2nc(-c3ccccc3)ccc2=O)n1. The van der Waals surface area contributed by atoms with Crippen molar-refractivity contribution >= 4 is 22.4 Å². The number of benzene rings is 1. The van der Waals surface area contributed by atoms with Crippen LogP contribution in [-0.4, -0.2) is 20.7 Å². The maximum Gasteiger partial charge on any atom is 0.267 e. The Morgan fingerprint density at radius 3 is 2.62 bits per heavy atom. The Morgan fingerprint density at radius 1 is 1.21 bits per heavy atom. The lowest BCUT2D eigenvalue weighted by Crippen LogP contribution is -2.33. The minimum atomic E-state index is -0.745. The summed E-state index contributed by atoms with van der Waals surface area (Å²) in [6, 6.07) is 11.8. The predicted molar refractivity (Wildman–Crippen MR) is 94.1 cm³/mol. The second-order valence-electron chi connectivity index (χ2n) is 5.33. The van der Waals surface area contributed by atoms with Crippen molar-refractivity contribution in [1.29, 1.82) is 0 Å². The van der Waals surface area contributed by atoms with E-state index in [0.29, 0.717) is 10.8 Å². The summed E-state index contributed by atoms with van der Waals surface area (Å²) in [7, 11) is 0. The highest BCUT2D eigenvalue weighted by Gasteiger charge is 2.19. The molecule has 1 unspecified atom stereocenters. The van der Waals surface area contributed by atoms with E-state index >= 15 is 0 Å². The molecule has 1 N–H and O–H groups in total.